The molecule has 2 aromatic heterocycles. The number of hydrogen-bond donors (Lipinski definition) is 2. The highest BCUT2D eigenvalue weighted by Crippen LogP contribution is 2.29. The van der Waals surface area contributed by atoms with E-state index in [9.17, 15) is 9.90 Å². The summed E-state index contributed by atoms with van der Waals surface area (Å²) in [5, 5.41) is 14.6. The van der Waals surface area contributed by atoms with Gasteiger partial charge >= 0.3 is 0 Å². The summed E-state index contributed by atoms with van der Waals surface area (Å²) in [6.45, 7) is 4.84. The first kappa shape index (κ1) is 17.5. The number of thiazole rings is 1. The second kappa shape index (κ2) is 8.12. The van der Waals surface area contributed by atoms with Crippen LogP contribution in [0.15, 0.2) is 24.0 Å². The van der Waals surface area contributed by atoms with Gasteiger partial charge in [0, 0.05) is 30.9 Å². The third-order valence-corrected chi connectivity index (χ3v) is 5.15. The maximum absolute atomic E-state index is 12.3. The normalized spacial score (nSPS) is 11.4. The van der Waals surface area contributed by atoms with Gasteiger partial charge in [-0.25, -0.2) is 4.98 Å². The van der Waals surface area contributed by atoms with Crippen molar-refractivity contribution >= 4 is 17.2 Å². The summed E-state index contributed by atoms with van der Waals surface area (Å²) in [7, 11) is 0. The molecule has 0 aliphatic heterocycles. The van der Waals surface area contributed by atoms with Crippen molar-refractivity contribution in [1.82, 2.24) is 20.3 Å². The van der Waals surface area contributed by atoms with Crippen molar-refractivity contribution < 1.29 is 9.90 Å². The highest BCUT2D eigenvalue weighted by Gasteiger charge is 2.26. The van der Waals surface area contributed by atoms with Gasteiger partial charge in [0.1, 0.15) is 16.4 Å². The monoisotopic (exact) mass is 334 g/mol. The van der Waals surface area contributed by atoms with Crippen LogP contribution < -0.4 is 5.32 Å². The third kappa shape index (κ3) is 4.33. The number of nitrogens with zero attached hydrogens (tertiary/aromatic N) is 3. The largest absolute Gasteiger partial charge is 0.396 e. The number of nitrogens with one attached hydrogen (secondary N) is 1. The van der Waals surface area contributed by atoms with Crippen molar-refractivity contribution in [3.63, 3.8) is 0 Å². The fraction of sp³-hybridized carbons (Fsp3) is 0.500. The number of carbonyl (C=O) groups excluding carboxylic acids is 1. The highest BCUT2D eigenvalue weighted by molar-refractivity contribution is 7.13. The molecule has 0 saturated heterocycles. The molecule has 2 rings (SSSR count). The number of aromatic nitrogens is 3. The van der Waals surface area contributed by atoms with Gasteiger partial charge in [0.05, 0.1) is 6.20 Å². The molecule has 2 N–H and O–H groups in total. The summed E-state index contributed by atoms with van der Waals surface area (Å²) in [5.74, 6) is -0.194. The summed E-state index contributed by atoms with van der Waals surface area (Å²) >= 11 is 1.37. The Morgan fingerprint density at radius 3 is 2.74 bits per heavy atom. The molecule has 0 unspecified atom stereocenters. The molecule has 2 heterocycles. The zero-order valence-corrected chi connectivity index (χ0v) is 14.3. The Bertz CT molecular complexity index is 626. The van der Waals surface area contributed by atoms with E-state index in [1.165, 1.54) is 11.3 Å². The van der Waals surface area contributed by atoms with Gasteiger partial charge in [-0.3, -0.25) is 14.8 Å². The quantitative estimate of drug-likeness (QED) is 0.774. The first-order valence-electron chi connectivity index (χ1n) is 7.75. The first-order valence-corrected chi connectivity index (χ1v) is 8.63. The average molecular weight is 334 g/mol. The number of hydrogen-bond acceptors (Lipinski definition) is 6. The van der Waals surface area contributed by atoms with Gasteiger partial charge in [-0.15, -0.1) is 11.3 Å². The Kier molecular flexibility index (Phi) is 6.18. The van der Waals surface area contributed by atoms with Gasteiger partial charge in [-0.2, -0.15) is 0 Å². The van der Waals surface area contributed by atoms with E-state index in [0.29, 0.717) is 29.4 Å². The van der Waals surface area contributed by atoms with Gasteiger partial charge in [-0.05, 0) is 24.7 Å². The molecule has 0 radical (unpaired) electrons. The van der Waals surface area contributed by atoms with Crippen LogP contribution in [0.5, 0.6) is 0 Å². The van der Waals surface area contributed by atoms with Crippen molar-refractivity contribution in [3.8, 4) is 10.7 Å². The molecule has 7 heteroatoms. The van der Waals surface area contributed by atoms with E-state index < -0.39 is 0 Å². The average Bonchev–Trinajstić information content (AvgIpc) is 3.09. The predicted octanol–water partition coefficient (Wildman–Crippen LogP) is 2.52. The number of carbonyl (C=O) groups is 1. The van der Waals surface area contributed by atoms with E-state index in [-0.39, 0.29) is 17.9 Å². The second-order valence-corrected chi connectivity index (χ2v) is 6.35. The van der Waals surface area contributed by atoms with Crippen molar-refractivity contribution in [2.75, 3.05) is 13.2 Å². The molecule has 0 fully saturated rings. The van der Waals surface area contributed by atoms with E-state index in [1.807, 2.05) is 0 Å². The van der Waals surface area contributed by atoms with Crippen LogP contribution >= 0.6 is 11.3 Å². The SMILES string of the molecule is CCC(CC)(CCO)CNC(=O)c1csc(-c2cnccn2)n1. The molecule has 0 bridgehead atoms. The van der Waals surface area contributed by atoms with Crippen LogP contribution in [0.1, 0.15) is 43.6 Å². The topological polar surface area (TPSA) is 88.0 Å². The van der Waals surface area contributed by atoms with Crippen molar-refractivity contribution in [2.45, 2.75) is 33.1 Å². The maximum atomic E-state index is 12.3. The number of amides is 1. The summed E-state index contributed by atoms with van der Waals surface area (Å²) in [6, 6.07) is 0. The molecule has 0 aliphatic rings. The number of aliphatic hydroxyl groups excluding tert-OH is 1. The fourth-order valence-corrected chi connectivity index (χ4v) is 3.20. The molecule has 0 aliphatic carbocycles. The minimum Gasteiger partial charge on any atom is -0.396 e. The van der Waals surface area contributed by atoms with Gasteiger partial charge in [0.15, 0.2) is 0 Å². The minimum atomic E-state index is -0.194. The summed E-state index contributed by atoms with van der Waals surface area (Å²) in [6.07, 6.45) is 7.32. The van der Waals surface area contributed by atoms with Crippen LogP contribution in [0.3, 0.4) is 0 Å². The molecule has 6 nitrogen and oxygen atoms in total. The number of rotatable bonds is 8. The Balaban J connectivity index is 2.03. The number of aliphatic hydroxyl groups is 1. The van der Waals surface area contributed by atoms with Crippen LogP contribution in [0, 0.1) is 5.41 Å². The van der Waals surface area contributed by atoms with Crippen LogP contribution in [0.4, 0.5) is 0 Å². The molecule has 0 aromatic carbocycles. The molecular formula is C16H22N4O2S. The van der Waals surface area contributed by atoms with Crippen LogP contribution in [0.2, 0.25) is 0 Å². The first-order chi connectivity index (χ1) is 11.1. The van der Waals surface area contributed by atoms with E-state index in [2.05, 4.69) is 34.1 Å². The molecular weight excluding hydrogens is 312 g/mol. The summed E-state index contributed by atoms with van der Waals surface area (Å²) in [5.41, 5.74) is 0.989. The van der Waals surface area contributed by atoms with E-state index in [0.717, 1.165) is 12.8 Å². The van der Waals surface area contributed by atoms with Crippen molar-refractivity contribution in [3.05, 3.63) is 29.7 Å². The lowest BCUT2D eigenvalue weighted by atomic mass is 9.79. The van der Waals surface area contributed by atoms with Crippen LogP contribution in [0.25, 0.3) is 10.7 Å². The smallest absolute Gasteiger partial charge is 0.270 e. The van der Waals surface area contributed by atoms with E-state index >= 15 is 0 Å². The Morgan fingerprint density at radius 2 is 2.13 bits per heavy atom. The molecule has 124 valence electrons. The van der Waals surface area contributed by atoms with Crippen molar-refractivity contribution in [2.24, 2.45) is 5.41 Å². The standard InChI is InChI=1S/C16H22N4O2S/c1-3-16(4-2,5-8-21)11-19-14(22)13-10-23-15(20-13)12-9-17-6-7-18-12/h6-7,9-10,21H,3-5,8,11H2,1-2H3,(H,19,22). The van der Waals surface area contributed by atoms with Crippen LogP contribution in [-0.2, 0) is 0 Å². The van der Waals surface area contributed by atoms with Gasteiger partial charge in [0.2, 0.25) is 0 Å². The van der Waals surface area contributed by atoms with Crippen molar-refractivity contribution in [1.29, 1.82) is 0 Å². The molecule has 0 atom stereocenters. The summed E-state index contributed by atoms with van der Waals surface area (Å²) in [4.78, 5) is 24.8. The zero-order valence-electron chi connectivity index (χ0n) is 13.5. The van der Waals surface area contributed by atoms with Gasteiger partial charge in [-0.1, -0.05) is 13.8 Å². The molecule has 0 spiro atoms. The van der Waals surface area contributed by atoms with Gasteiger partial charge < -0.3 is 10.4 Å². The van der Waals surface area contributed by atoms with Crippen LogP contribution in [-0.4, -0.2) is 39.1 Å². The molecule has 0 saturated carbocycles. The van der Waals surface area contributed by atoms with E-state index in [4.69, 9.17) is 0 Å². The summed E-state index contributed by atoms with van der Waals surface area (Å²) < 4.78 is 0. The minimum absolute atomic E-state index is 0.0613. The highest BCUT2D eigenvalue weighted by atomic mass is 32.1. The Labute approximate surface area is 140 Å². The lowest BCUT2D eigenvalue weighted by Crippen LogP contribution is -2.37. The van der Waals surface area contributed by atoms with E-state index in [1.54, 1.807) is 24.0 Å². The third-order valence-electron chi connectivity index (χ3n) is 4.29. The lowest BCUT2D eigenvalue weighted by molar-refractivity contribution is 0.0903. The molecule has 23 heavy (non-hydrogen) atoms. The predicted molar refractivity (Wildman–Crippen MR) is 90.2 cm³/mol. The zero-order chi connectivity index (χ0) is 16.7. The maximum Gasteiger partial charge on any atom is 0.270 e. The lowest BCUT2D eigenvalue weighted by Gasteiger charge is -2.31. The van der Waals surface area contributed by atoms with Gasteiger partial charge in [0.25, 0.3) is 5.91 Å². The molecule has 1 amide bonds. The second-order valence-electron chi connectivity index (χ2n) is 5.49. The Morgan fingerprint density at radius 1 is 1.35 bits per heavy atom. The fourth-order valence-electron chi connectivity index (χ4n) is 2.44. The molecule has 2 aromatic rings. The Hall–Kier alpha value is -1.86.